The second-order valence-electron chi connectivity index (χ2n) is 4.20. The van der Waals surface area contributed by atoms with Crippen LogP contribution in [0.3, 0.4) is 0 Å². The van der Waals surface area contributed by atoms with Crippen LogP contribution in [0, 0.1) is 11.3 Å². The molecular weight excluding hydrogens is 216 g/mol. The van der Waals surface area contributed by atoms with Gasteiger partial charge in [-0.2, -0.15) is 0 Å². The van der Waals surface area contributed by atoms with Gasteiger partial charge in [0.15, 0.2) is 0 Å². The van der Waals surface area contributed by atoms with Crippen LogP contribution in [0.25, 0.3) is 0 Å². The van der Waals surface area contributed by atoms with E-state index in [1.54, 1.807) is 7.05 Å². The highest BCUT2D eigenvalue weighted by Crippen LogP contribution is 2.28. The third-order valence-electron chi connectivity index (χ3n) is 2.01. The van der Waals surface area contributed by atoms with Crippen LogP contribution < -0.4 is 11.1 Å². The summed E-state index contributed by atoms with van der Waals surface area (Å²) in [4.78, 5) is 22.1. The molecule has 4 nitrogen and oxygen atoms in total. The fourth-order valence-electron chi connectivity index (χ4n) is 1.17. The summed E-state index contributed by atoms with van der Waals surface area (Å²) in [6, 6.07) is 0. The number of carbonyl (C=O) groups excluding carboxylic acids is 2. The fraction of sp³-hybridized carbons (Fsp3) is 0.846. The molecule has 1 atom stereocenters. The Bertz CT molecular complexity index is 208. The van der Waals surface area contributed by atoms with E-state index in [4.69, 9.17) is 5.73 Å². The van der Waals surface area contributed by atoms with E-state index in [2.05, 4.69) is 5.32 Å². The highest BCUT2D eigenvalue weighted by atomic mass is 16.2. The molecule has 0 rings (SSSR count). The van der Waals surface area contributed by atoms with Crippen LogP contribution in [0.4, 0.5) is 0 Å². The number of nitrogens with one attached hydrogen (secondary N) is 1. The molecule has 0 radical (unpaired) electrons. The summed E-state index contributed by atoms with van der Waals surface area (Å²) >= 11 is 0. The lowest BCUT2D eigenvalue weighted by Crippen LogP contribution is -2.38. The Kier molecular flexibility index (Phi) is 14.3. The van der Waals surface area contributed by atoms with Crippen LogP contribution in [-0.2, 0) is 9.59 Å². The minimum absolute atomic E-state index is 0.100. The van der Waals surface area contributed by atoms with Crippen molar-refractivity contribution in [2.45, 2.75) is 54.9 Å². The zero-order valence-electron chi connectivity index (χ0n) is 12.7. The van der Waals surface area contributed by atoms with Gasteiger partial charge in [0.2, 0.25) is 11.8 Å². The summed E-state index contributed by atoms with van der Waals surface area (Å²) in [5, 5.41) is 2.53. The van der Waals surface area contributed by atoms with Crippen molar-refractivity contribution in [3.8, 4) is 0 Å². The second-order valence-corrected chi connectivity index (χ2v) is 4.20. The van der Waals surface area contributed by atoms with E-state index in [0.29, 0.717) is 0 Å². The summed E-state index contributed by atoms with van der Waals surface area (Å²) < 4.78 is 0. The zero-order valence-corrected chi connectivity index (χ0v) is 12.7. The monoisotopic (exact) mass is 246 g/mol. The maximum absolute atomic E-state index is 11.4. The van der Waals surface area contributed by atoms with Gasteiger partial charge in [0, 0.05) is 13.5 Å². The summed E-state index contributed by atoms with van der Waals surface area (Å²) in [5.41, 5.74) is 4.82. The molecule has 1 unspecified atom stereocenters. The Morgan fingerprint density at radius 3 is 1.65 bits per heavy atom. The van der Waals surface area contributed by atoms with Gasteiger partial charge in [-0.1, -0.05) is 48.5 Å². The van der Waals surface area contributed by atoms with Crippen molar-refractivity contribution in [2.75, 3.05) is 7.05 Å². The zero-order chi connectivity index (χ0) is 14.6. The van der Waals surface area contributed by atoms with Crippen LogP contribution >= 0.6 is 0 Å². The van der Waals surface area contributed by atoms with Crippen molar-refractivity contribution in [3.05, 3.63) is 0 Å². The standard InChI is InChI=1S/C9H18N2O2.2C2H6/c1-9(2,3)6(5-7(10)12)8(13)11-4;2*1-2/h6H,5H2,1-4H3,(H2,10,12)(H,11,13);2*1-2H3. The molecule has 0 spiro atoms. The normalized spacial score (nSPS) is 11.1. The molecule has 104 valence electrons. The smallest absolute Gasteiger partial charge is 0.223 e. The molecule has 0 aliphatic heterocycles. The first-order valence-electron chi connectivity index (χ1n) is 6.29. The van der Waals surface area contributed by atoms with Gasteiger partial charge >= 0.3 is 0 Å². The maximum Gasteiger partial charge on any atom is 0.223 e. The van der Waals surface area contributed by atoms with Gasteiger partial charge in [-0.3, -0.25) is 9.59 Å². The number of rotatable bonds is 3. The number of carbonyl (C=O) groups is 2. The van der Waals surface area contributed by atoms with Gasteiger partial charge in [0.1, 0.15) is 0 Å². The molecule has 0 aliphatic carbocycles. The van der Waals surface area contributed by atoms with E-state index < -0.39 is 5.91 Å². The van der Waals surface area contributed by atoms with Gasteiger partial charge in [0.05, 0.1) is 5.92 Å². The lowest BCUT2D eigenvalue weighted by Gasteiger charge is -2.27. The van der Waals surface area contributed by atoms with Crippen LogP contribution in [0.5, 0.6) is 0 Å². The minimum Gasteiger partial charge on any atom is -0.370 e. The third-order valence-corrected chi connectivity index (χ3v) is 2.01. The summed E-state index contributed by atoms with van der Waals surface area (Å²) in [6.07, 6.45) is 0.100. The Morgan fingerprint density at radius 2 is 1.47 bits per heavy atom. The predicted molar refractivity (Wildman–Crippen MR) is 73.5 cm³/mol. The molecule has 0 aromatic rings. The van der Waals surface area contributed by atoms with Gasteiger partial charge in [-0.05, 0) is 5.41 Å². The van der Waals surface area contributed by atoms with E-state index in [1.165, 1.54) is 0 Å². The van der Waals surface area contributed by atoms with Crippen molar-refractivity contribution in [3.63, 3.8) is 0 Å². The molecular formula is C13H30N2O2. The minimum atomic E-state index is -0.441. The molecule has 0 saturated carbocycles. The van der Waals surface area contributed by atoms with E-state index in [1.807, 2.05) is 48.5 Å². The third kappa shape index (κ3) is 11.2. The van der Waals surface area contributed by atoms with E-state index >= 15 is 0 Å². The van der Waals surface area contributed by atoms with Crippen molar-refractivity contribution in [1.82, 2.24) is 5.32 Å². The van der Waals surface area contributed by atoms with Gasteiger partial charge in [0.25, 0.3) is 0 Å². The second kappa shape index (κ2) is 11.4. The highest BCUT2D eigenvalue weighted by molar-refractivity contribution is 5.85. The largest absolute Gasteiger partial charge is 0.370 e. The molecule has 0 aliphatic rings. The quantitative estimate of drug-likeness (QED) is 0.802. The first kappa shape index (κ1) is 21.2. The summed E-state index contributed by atoms with van der Waals surface area (Å²) in [7, 11) is 1.56. The van der Waals surface area contributed by atoms with Crippen molar-refractivity contribution in [2.24, 2.45) is 17.1 Å². The lowest BCUT2D eigenvalue weighted by molar-refractivity contribution is -0.132. The van der Waals surface area contributed by atoms with Crippen LogP contribution in [0.2, 0.25) is 0 Å². The molecule has 3 N–H and O–H groups in total. The maximum atomic E-state index is 11.4. The fourth-order valence-corrected chi connectivity index (χ4v) is 1.17. The molecule has 0 aromatic carbocycles. The predicted octanol–water partition coefficient (Wildman–Crippen LogP) is 2.32. The van der Waals surface area contributed by atoms with E-state index in [0.717, 1.165) is 0 Å². The molecule has 17 heavy (non-hydrogen) atoms. The van der Waals surface area contributed by atoms with Gasteiger partial charge in [-0.15, -0.1) is 0 Å². The van der Waals surface area contributed by atoms with Crippen molar-refractivity contribution >= 4 is 11.8 Å². The van der Waals surface area contributed by atoms with Crippen LogP contribution in [0.15, 0.2) is 0 Å². The average Bonchev–Trinajstić information content (AvgIpc) is 2.28. The average molecular weight is 246 g/mol. The molecule has 2 amide bonds. The lowest BCUT2D eigenvalue weighted by atomic mass is 9.78. The number of amides is 2. The Balaban J connectivity index is -0.000000439. The molecule has 0 bridgehead atoms. The summed E-state index contributed by atoms with van der Waals surface area (Å²) in [6.45, 7) is 13.7. The Morgan fingerprint density at radius 1 is 1.12 bits per heavy atom. The number of nitrogens with two attached hydrogens (primary N) is 1. The molecule has 0 fully saturated rings. The summed E-state index contributed by atoms with van der Waals surface area (Å²) in [5.74, 6) is -0.926. The van der Waals surface area contributed by atoms with E-state index in [-0.39, 0.29) is 23.7 Å². The van der Waals surface area contributed by atoms with Crippen molar-refractivity contribution in [1.29, 1.82) is 0 Å². The molecule has 4 heteroatoms. The first-order valence-corrected chi connectivity index (χ1v) is 6.29. The SMILES string of the molecule is CC.CC.CNC(=O)C(CC(N)=O)C(C)(C)C. The molecule has 0 saturated heterocycles. The molecule has 0 heterocycles. The highest BCUT2D eigenvalue weighted by Gasteiger charge is 2.31. The number of hydrogen-bond acceptors (Lipinski definition) is 2. The van der Waals surface area contributed by atoms with Crippen LogP contribution in [0.1, 0.15) is 54.9 Å². The van der Waals surface area contributed by atoms with Gasteiger partial charge < -0.3 is 11.1 Å². The van der Waals surface area contributed by atoms with Crippen LogP contribution in [-0.4, -0.2) is 18.9 Å². The molecule has 0 aromatic heterocycles. The Hall–Kier alpha value is -1.06. The number of primary amides is 1. The van der Waals surface area contributed by atoms with E-state index in [9.17, 15) is 9.59 Å². The number of hydrogen-bond donors (Lipinski definition) is 2. The van der Waals surface area contributed by atoms with Crippen molar-refractivity contribution < 1.29 is 9.59 Å². The first-order chi connectivity index (χ1) is 7.79. The van der Waals surface area contributed by atoms with Gasteiger partial charge in [-0.25, -0.2) is 0 Å². The Labute approximate surface area is 106 Å². The topological polar surface area (TPSA) is 72.2 Å².